The van der Waals surface area contributed by atoms with E-state index in [1.54, 1.807) is 16.5 Å². The Morgan fingerprint density at radius 3 is 2.78 bits per heavy atom. The lowest BCUT2D eigenvalue weighted by molar-refractivity contribution is -0.149. The molecule has 0 aromatic carbocycles. The summed E-state index contributed by atoms with van der Waals surface area (Å²) in [6.07, 6.45) is 3.46. The average Bonchev–Trinajstić information content (AvgIpc) is 3.37. The van der Waals surface area contributed by atoms with E-state index >= 15 is 4.39 Å². The Balaban J connectivity index is 1.84. The molecule has 1 unspecified atom stereocenters. The minimum absolute atomic E-state index is 0.0709. The molecule has 32 heavy (non-hydrogen) atoms. The van der Waals surface area contributed by atoms with Gasteiger partial charge in [0.15, 0.2) is 22.4 Å². The molecule has 3 aromatic rings. The van der Waals surface area contributed by atoms with Gasteiger partial charge in [-0.2, -0.15) is 0 Å². The lowest BCUT2D eigenvalue weighted by Gasteiger charge is -2.22. The molecule has 10 nitrogen and oxygen atoms in total. The molecule has 0 bridgehead atoms. The van der Waals surface area contributed by atoms with E-state index in [9.17, 15) is 14.4 Å². The van der Waals surface area contributed by atoms with Crippen LogP contribution in [-0.4, -0.2) is 51.9 Å². The molecule has 0 radical (unpaired) electrons. The number of fused-ring (bicyclic) bond motifs is 1. The largest absolute Gasteiger partial charge is 0.428 e. The highest BCUT2D eigenvalue weighted by Gasteiger charge is 2.32. The van der Waals surface area contributed by atoms with E-state index in [4.69, 9.17) is 10.5 Å². The zero-order chi connectivity index (χ0) is 23.0. The van der Waals surface area contributed by atoms with Gasteiger partial charge in [-0.25, -0.2) is 19.2 Å². The Labute approximate surface area is 185 Å². The molecular weight excluding hydrogens is 441 g/mol. The van der Waals surface area contributed by atoms with Crippen molar-refractivity contribution in [3.05, 3.63) is 45.4 Å². The molecule has 0 spiro atoms. The molecule has 0 aliphatic carbocycles. The summed E-state index contributed by atoms with van der Waals surface area (Å²) in [5.41, 5.74) is 4.71. The van der Waals surface area contributed by atoms with Crippen LogP contribution in [0.5, 0.6) is 0 Å². The average molecular weight is 461 g/mol. The van der Waals surface area contributed by atoms with Crippen LogP contribution in [0.1, 0.15) is 30.6 Å². The number of carbonyl (C=O) groups is 2. The smallest absolute Gasteiger partial charge is 0.346 e. The number of aromatic nitrogens is 3. The number of thiazole rings is 1. The molecule has 1 atom stereocenters. The van der Waals surface area contributed by atoms with Gasteiger partial charge in [-0.1, -0.05) is 0 Å². The second-order valence-electron chi connectivity index (χ2n) is 7.73. The van der Waals surface area contributed by atoms with Gasteiger partial charge in [0.2, 0.25) is 12.2 Å². The van der Waals surface area contributed by atoms with Crippen LogP contribution in [-0.2, 0) is 14.3 Å². The molecule has 1 aliphatic rings. The van der Waals surface area contributed by atoms with Crippen molar-refractivity contribution in [3.63, 3.8) is 0 Å². The highest BCUT2D eigenvalue weighted by Crippen LogP contribution is 2.28. The van der Waals surface area contributed by atoms with Gasteiger partial charge in [0.25, 0.3) is 0 Å². The topological polar surface area (TPSA) is 130 Å². The summed E-state index contributed by atoms with van der Waals surface area (Å²) in [6.45, 7) is 3.31. The Hall–Kier alpha value is -3.38. The molecule has 1 fully saturated rings. The van der Waals surface area contributed by atoms with Crippen molar-refractivity contribution >= 4 is 40.1 Å². The highest BCUT2D eigenvalue weighted by molar-refractivity contribution is 7.12. The molecule has 168 valence electrons. The molecule has 4 rings (SSSR count). The quantitative estimate of drug-likeness (QED) is 0.445. The predicted molar refractivity (Wildman–Crippen MR) is 114 cm³/mol. The summed E-state index contributed by atoms with van der Waals surface area (Å²) in [5, 5.41) is 2.01. The Morgan fingerprint density at radius 1 is 1.38 bits per heavy atom. The molecular formula is C20H20FN5O5S. The van der Waals surface area contributed by atoms with Crippen LogP contribution in [0.25, 0.3) is 16.2 Å². The summed E-state index contributed by atoms with van der Waals surface area (Å²) in [5.74, 6) is -2.30. The lowest BCUT2D eigenvalue weighted by atomic mass is 10.0. The fourth-order valence-corrected chi connectivity index (χ4v) is 4.09. The summed E-state index contributed by atoms with van der Waals surface area (Å²) in [7, 11) is 0. The molecule has 1 aliphatic heterocycles. The minimum atomic E-state index is -1.02. The number of anilines is 1. The molecule has 0 amide bonds. The van der Waals surface area contributed by atoms with Crippen molar-refractivity contribution in [1.29, 1.82) is 0 Å². The third-order valence-electron chi connectivity index (χ3n) is 5.01. The van der Waals surface area contributed by atoms with Crippen LogP contribution in [0, 0.1) is 5.82 Å². The maximum Gasteiger partial charge on any atom is 0.346 e. The molecule has 12 heteroatoms. The van der Waals surface area contributed by atoms with Crippen molar-refractivity contribution in [2.24, 2.45) is 5.73 Å². The summed E-state index contributed by atoms with van der Waals surface area (Å²) >= 11 is 1.24. The second kappa shape index (κ2) is 8.28. The monoisotopic (exact) mass is 461 g/mol. The summed E-state index contributed by atoms with van der Waals surface area (Å²) < 4.78 is 25.9. The normalized spacial score (nSPS) is 18.2. The van der Waals surface area contributed by atoms with Gasteiger partial charge in [0.1, 0.15) is 5.56 Å². The number of hydrogen-bond acceptors (Lipinski definition) is 10. The second-order valence-corrected chi connectivity index (χ2v) is 8.61. The van der Waals surface area contributed by atoms with Gasteiger partial charge in [-0.05, 0) is 19.4 Å². The zero-order valence-electron chi connectivity index (χ0n) is 17.3. The standard InChI is InChI=1S/C20H20FN5O5S/c1-11(27)30-10-31-18(29)13-8-26(19-23-4-6-32-19)16-12(15(13)28)7-14(21)17(24-16)25-5-3-20(2,22)9-25/h4,6-8H,3,5,9-10,22H2,1-2H3. The van der Waals surface area contributed by atoms with E-state index in [1.807, 2.05) is 6.92 Å². The number of pyridine rings is 2. The fraction of sp³-hybridized carbons (Fsp3) is 0.350. The van der Waals surface area contributed by atoms with Crippen molar-refractivity contribution in [1.82, 2.24) is 14.5 Å². The van der Waals surface area contributed by atoms with E-state index in [0.717, 1.165) is 13.0 Å². The van der Waals surface area contributed by atoms with Gasteiger partial charge in [0, 0.05) is 43.3 Å². The highest BCUT2D eigenvalue weighted by atomic mass is 32.1. The van der Waals surface area contributed by atoms with Crippen molar-refractivity contribution in [2.45, 2.75) is 25.8 Å². The molecule has 1 saturated heterocycles. The van der Waals surface area contributed by atoms with Crippen LogP contribution in [0.15, 0.2) is 28.6 Å². The van der Waals surface area contributed by atoms with E-state index in [2.05, 4.69) is 14.7 Å². The number of esters is 2. The van der Waals surface area contributed by atoms with Crippen LogP contribution >= 0.6 is 11.3 Å². The van der Waals surface area contributed by atoms with E-state index < -0.39 is 35.5 Å². The SMILES string of the molecule is CC(=O)OCOC(=O)c1cn(-c2nccs2)c2nc(N3CCC(C)(N)C3)c(F)cc2c1=O. The first-order valence-corrected chi connectivity index (χ1v) is 10.5. The van der Waals surface area contributed by atoms with Gasteiger partial charge in [0.05, 0.1) is 5.39 Å². The fourth-order valence-electron chi connectivity index (χ4n) is 3.47. The van der Waals surface area contributed by atoms with Crippen molar-refractivity contribution < 1.29 is 23.5 Å². The van der Waals surface area contributed by atoms with Crippen LogP contribution < -0.4 is 16.1 Å². The van der Waals surface area contributed by atoms with Gasteiger partial charge in [-0.15, -0.1) is 11.3 Å². The lowest BCUT2D eigenvalue weighted by Crippen LogP contribution is -2.39. The Kier molecular flexibility index (Phi) is 5.65. The number of nitrogens with two attached hydrogens (primary N) is 1. The van der Waals surface area contributed by atoms with Crippen LogP contribution in [0.2, 0.25) is 0 Å². The first-order valence-electron chi connectivity index (χ1n) is 9.66. The third-order valence-corrected chi connectivity index (χ3v) is 5.79. The van der Waals surface area contributed by atoms with Gasteiger partial charge >= 0.3 is 11.9 Å². The first-order chi connectivity index (χ1) is 15.2. The van der Waals surface area contributed by atoms with Crippen molar-refractivity contribution in [2.75, 3.05) is 24.8 Å². The predicted octanol–water partition coefficient (Wildman–Crippen LogP) is 1.59. The van der Waals surface area contributed by atoms with Crippen LogP contribution in [0.4, 0.5) is 10.2 Å². The molecule has 4 heterocycles. The minimum Gasteiger partial charge on any atom is -0.428 e. The maximum absolute atomic E-state index is 15.0. The van der Waals surface area contributed by atoms with Gasteiger partial charge in [-0.3, -0.25) is 14.2 Å². The third kappa shape index (κ3) is 4.18. The van der Waals surface area contributed by atoms with E-state index in [1.165, 1.54) is 22.1 Å². The summed E-state index contributed by atoms with van der Waals surface area (Å²) in [6, 6.07) is 1.05. The number of halogens is 1. The number of ether oxygens (including phenoxy) is 2. The van der Waals surface area contributed by atoms with Crippen LogP contribution in [0.3, 0.4) is 0 Å². The first kappa shape index (κ1) is 21.8. The summed E-state index contributed by atoms with van der Waals surface area (Å²) in [4.78, 5) is 46.7. The van der Waals surface area contributed by atoms with Gasteiger partial charge < -0.3 is 20.1 Å². The maximum atomic E-state index is 15.0. The number of carbonyl (C=O) groups excluding carboxylic acids is 2. The number of hydrogen-bond donors (Lipinski definition) is 1. The number of nitrogens with zero attached hydrogens (tertiary/aromatic N) is 4. The van der Waals surface area contributed by atoms with E-state index in [-0.39, 0.29) is 22.4 Å². The number of rotatable bonds is 5. The Morgan fingerprint density at radius 2 is 2.16 bits per heavy atom. The Bertz CT molecular complexity index is 1260. The van der Waals surface area contributed by atoms with E-state index in [0.29, 0.717) is 24.6 Å². The molecule has 3 aromatic heterocycles. The van der Waals surface area contributed by atoms with Crippen molar-refractivity contribution in [3.8, 4) is 5.13 Å². The zero-order valence-corrected chi connectivity index (χ0v) is 18.1. The molecule has 2 N–H and O–H groups in total. The molecule has 0 saturated carbocycles.